The Morgan fingerprint density at radius 3 is 2.69 bits per heavy atom. The number of ether oxygens (including phenoxy) is 2. The van der Waals surface area contributed by atoms with Crippen molar-refractivity contribution in [1.29, 1.82) is 0 Å². The third-order valence-electron chi connectivity index (χ3n) is 4.79. The summed E-state index contributed by atoms with van der Waals surface area (Å²) in [5, 5.41) is 0.602. The molecule has 2 N–H and O–H groups in total. The number of rotatable bonds is 4. The second-order valence-electron chi connectivity index (χ2n) is 7.49. The molecule has 0 bridgehead atoms. The van der Waals surface area contributed by atoms with Crippen molar-refractivity contribution in [1.82, 2.24) is 15.0 Å². The van der Waals surface area contributed by atoms with E-state index in [0.29, 0.717) is 34.7 Å². The predicted molar refractivity (Wildman–Crippen MR) is 112 cm³/mol. The van der Waals surface area contributed by atoms with E-state index in [0.717, 1.165) is 10.4 Å². The molecule has 1 aromatic carbocycles. The van der Waals surface area contributed by atoms with E-state index < -0.39 is 0 Å². The van der Waals surface area contributed by atoms with E-state index in [-0.39, 0.29) is 23.0 Å². The van der Waals surface area contributed by atoms with E-state index in [9.17, 15) is 9.59 Å². The Labute approximate surface area is 171 Å². The largest absolute Gasteiger partial charge is 0.497 e. The number of amides is 1. The molecule has 1 aliphatic heterocycles. The van der Waals surface area contributed by atoms with E-state index in [1.54, 1.807) is 31.4 Å². The van der Waals surface area contributed by atoms with Gasteiger partial charge in [-0.25, -0.2) is 9.55 Å². The normalized spacial score (nSPS) is 15.0. The lowest BCUT2D eigenvalue weighted by Gasteiger charge is -2.29. The van der Waals surface area contributed by atoms with Crippen LogP contribution in [-0.2, 0) is 22.6 Å². The molecule has 2 aromatic heterocycles. The molecule has 0 radical (unpaired) electrons. The minimum Gasteiger partial charge on any atom is -0.497 e. The first kappa shape index (κ1) is 19.4. The maximum atomic E-state index is 13.6. The molecular weight excluding hydrogens is 392 g/mol. The Morgan fingerprint density at radius 1 is 1.31 bits per heavy atom. The van der Waals surface area contributed by atoms with Crippen molar-refractivity contribution in [3.05, 3.63) is 45.1 Å². The molecule has 29 heavy (non-hydrogen) atoms. The second kappa shape index (κ2) is 7.16. The minimum atomic E-state index is -0.342. The van der Waals surface area contributed by atoms with Gasteiger partial charge in [0.05, 0.1) is 30.4 Å². The summed E-state index contributed by atoms with van der Waals surface area (Å²) in [4.78, 5) is 31.3. The molecule has 8 nitrogen and oxygen atoms in total. The zero-order chi connectivity index (χ0) is 20.8. The third-order valence-corrected chi connectivity index (χ3v) is 5.89. The zero-order valence-electron chi connectivity index (χ0n) is 16.7. The summed E-state index contributed by atoms with van der Waals surface area (Å²) in [5.41, 5.74) is 6.35. The van der Waals surface area contributed by atoms with E-state index >= 15 is 0 Å². The number of carbonyl (C=O) groups is 1. The van der Waals surface area contributed by atoms with Crippen molar-refractivity contribution in [3.63, 3.8) is 0 Å². The number of anilines is 1. The highest BCUT2D eigenvalue weighted by molar-refractivity contribution is 7.18. The molecule has 4 rings (SSSR count). The lowest BCUT2D eigenvalue weighted by atomic mass is 9.94. The first-order valence-electron chi connectivity index (χ1n) is 9.17. The number of thiophene rings is 1. The molecule has 1 amide bonds. The van der Waals surface area contributed by atoms with Gasteiger partial charge in [-0.3, -0.25) is 20.4 Å². The fourth-order valence-electron chi connectivity index (χ4n) is 3.39. The van der Waals surface area contributed by atoms with Gasteiger partial charge >= 0.3 is 0 Å². The van der Waals surface area contributed by atoms with Crippen LogP contribution in [0, 0.1) is 0 Å². The smallest absolute Gasteiger partial charge is 0.268 e. The monoisotopic (exact) mass is 414 g/mol. The molecule has 0 spiro atoms. The summed E-state index contributed by atoms with van der Waals surface area (Å²) < 4.78 is 12.6. The van der Waals surface area contributed by atoms with Crippen molar-refractivity contribution in [2.24, 2.45) is 0 Å². The van der Waals surface area contributed by atoms with Gasteiger partial charge in [-0.05, 0) is 43.7 Å². The van der Waals surface area contributed by atoms with Crippen molar-refractivity contribution >= 4 is 33.4 Å². The lowest BCUT2D eigenvalue weighted by Crippen LogP contribution is -2.34. The topological polar surface area (TPSA) is 94.5 Å². The second-order valence-corrected chi connectivity index (χ2v) is 8.57. The Bertz CT molecular complexity index is 1150. The van der Waals surface area contributed by atoms with Gasteiger partial charge in [0, 0.05) is 18.2 Å². The quantitative estimate of drug-likeness (QED) is 0.638. The summed E-state index contributed by atoms with van der Waals surface area (Å²) in [6, 6.07) is 7.10. The van der Waals surface area contributed by atoms with Gasteiger partial charge in [0.25, 0.3) is 5.56 Å². The molecule has 0 atom stereocenters. The third kappa shape index (κ3) is 3.58. The van der Waals surface area contributed by atoms with Crippen molar-refractivity contribution < 1.29 is 14.3 Å². The summed E-state index contributed by atoms with van der Waals surface area (Å²) in [6.07, 6.45) is 0.639. The van der Waals surface area contributed by atoms with Gasteiger partial charge in [-0.2, -0.15) is 0 Å². The minimum absolute atomic E-state index is 0.191. The van der Waals surface area contributed by atoms with Gasteiger partial charge < -0.3 is 9.47 Å². The SMILES string of the molecule is COc1ccc(-n2c(NNC(C)=O)nc3sc4c(c3c2=O)CC(C)(C)OC4)cc1. The van der Waals surface area contributed by atoms with E-state index in [2.05, 4.69) is 15.8 Å². The fraction of sp³-hybridized carbons (Fsp3) is 0.350. The van der Waals surface area contributed by atoms with Crippen LogP contribution in [-0.4, -0.2) is 28.2 Å². The fourth-order valence-corrected chi connectivity index (χ4v) is 4.48. The number of aromatic nitrogens is 2. The van der Waals surface area contributed by atoms with Gasteiger partial charge in [0.15, 0.2) is 0 Å². The highest BCUT2D eigenvalue weighted by Crippen LogP contribution is 2.37. The van der Waals surface area contributed by atoms with E-state index in [1.165, 1.54) is 22.8 Å². The molecule has 0 saturated heterocycles. The maximum Gasteiger partial charge on any atom is 0.268 e. The van der Waals surface area contributed by atoms with E-state index in [1.807, 2.05) is 13.8 Å². The van der Waals surface area contributed by atoms with Crippen LogP contribution in [0.4, 0.5) is 5.95 Å². The van der Waals surface area contributed by atoms with Crippen LogP contribution in [0.5, 0.6) is 5.75 Å². The number of nitrogens with one attached hydrogen (secondary N) is 2. The molecular formula is C20H22N4O4S. The number of nitrogens with zero attached hydrogens (tertiary/aromatic N) is 2. The highest BCUT2D eigenvalue weighted by Gasteiger charge is 2.31. The number of hydrogen-bond donors (Lipinski definition) is 2. The van der Waals surface area contributed by atoms with Gasteiger partial charge in [-0.1, -0.05) is 0 Å². The Kier molecular flexibility index (Phi) is 4.79. The number of fused-ring (bicyclic) bond motifs is 3. The van der Waals surface area contributed by atoms with Gasteiger partial charge in [0.1, 0.15) is 10.6 Å². The first-order chi connectivity index (χ1) is 13.8. The summed E-state index contributed by atoms with van der Waals surface area (Å²) in [7, 11) is 1.58. The molecule has 9 heteroatoms. The molecule has 0 aliphatic carbocycles. The van der Waals surface area contributed by atoms with Gasteiger partial charge in [0.2, 0.25) is 11.9 Å². The maximum absolute atomic E-state index is 13.6. The number of carbonyl (C=O) groups excluding carboxylic acids is 1. The van der Waals surface area contributed by atoms with Crippen molar-refractivity contribution in [2.45, 2.75) is 39.4 Å². The molecule has 3 aromatic rings. The Morgan fingerprint density at radius 2 is 2.03 bits per heavy atom. The van der Waals surface area contributed by atoms with Crippen LogP contribution in [0.2, 0.25) is 0 Å². The standard InChI is InChI=1S/C20H22N4O4S/c1-11(25)22-23-19-21-17-16(14-9-20(2,3)28-10-15(14)29-17)18(26)24(19)12-5-7-13(27-4)8-6-12/h5-8H,9-10H2,1-4H3,(H,21,23)(H,22,25). The number of hydrazine groups is 1. The van der Waals surface area contributed by atoms with Crippen molar-refractivity contribution in [2.75, 3.05) is 12.5 Å². The van der Waals surface area contributed by atoms with Crippen LogP contribution >= 0.6 is 11.3 Å². The van der Waals surface area contributed by atoms with Crippen LogP contribution in [0.3, 0.4) is 0 Å². The molecule has 1 aliphatic rings. The summed E-state index contributed by atoms with van der Waals surface area (Å²) >= 11 is 1.45. The molecule has 0 unspecified atom stereocenters. The van der Waals surface area contributed by atoms with Crippen molar-refractivity contribution in [3.8, 4) is 11.4 Å². The number of benzene rings is 1. The van der Waals surface area contributed by atoms with Gasteiger partial charge in [-0.15, -0.1) is 11.3 Å². The highest BCUT2D eigenvalue weighted by atomic mass is 32.1. The van der Waals surface area contributed by atoms with E-state index in [4.69, 9.17) is 9.47 Å². The molecule has 0 saturated carbocycles. The van der Waals surface area contributed by atoms with Crippen LogP contribution in [0.1, 0.15) is 31.2 Å². The average molecular weight is 414 g/mol. The first-order valence-corrected chi connectivity index (χ1v) is 9.99. The summed E-state index contributed by atoms with van der Waals surface area (Å²) in [6.45, 7) is 5.87. The van der Waals surface area contributed by atoms with Crippen LogP contribution < -0.4 is 21.1 Å². The molecule has 0 fully saturated rings. The number of methoxy groups -OCH3 is 1. The van der Waals surface area contributed by atoms with Crippen LogP contribution in [0.15, 0.2) is 29.1 Å². The lowest BCUT2D eigenvalue weighted by molar-refractivity contribution is -0.118. The van der Waals surface area contributed by atoms with Crippen LogP contribution in [0.25, 0.3) is 15.9 Å². The summed E-state index contributed by atoms with van der Waals surface area (Å²) in [5.74, 6) is 0.627. The predicted octanol–water partition coefficient (Wildman–Crippen LogP) is 2.77. The Balaban J connectivity index is 1.95. The average Bonchev–Trinajstić information content (AvgIpc) is 3.03. The zero-order valence-corrected chi connectivity index (χ0v) is 17.5. The molecule has 152 valence electrons. The molecule has 3 heterocycles. The number of hydrogen-bond acceptors (Lipinski definition) is 7. The Hall–Kier alpha value is -2.91.